The van der Waals surface area contributed by atoms with E-state index in [1.165, 1.54) is 0 Å². The molecule has 0 saturated carbocycles. The second kappa shape index (κ2) is 10.7. The molecule has 0 fully saturated rings. The maximum absolute atomic E-state index is 13.8. The molecule has 1 aliphatic heterocycles. The SMILES string of the molecule is CC(=O)N[C@@H]([C@H]1CN(S(=O)(=O)c2ccc(F)cc2)c2cc(NC(=O)OC(C)(C)C(F)(F)F)ccc2O1)C(F)(F)F. The molecule has 0 aromatic heterocycles. The maximum Gasteiger partial charge on any atom is 0.427 e. The van der Waals surface area contributed by atoms with Crippen LogP contribution in [0.4, 0.5) is 46.9 Å². The Labute approximate surface area is 223 Å². The van der Waals surface area contributed by atoms with Gasteiger partial charge in [-0.15, -0.1) is 0 Å². The predicted octanol–water partition coefficient (Wildman–Crippen LogP) is 4.74. The number of ether oxygens (including phenoxy) is 2. The van der Waals surface area contributed by atoms with Crippen LogP contribution in [0.2, 0.25) is 0 Å². The lowest BCUT2D eigenvalue weighted by Crippen LogP contribution is -2.59. The lowest BCUT2D eigenvalue weighted by atomic mass is 10.1. The molecule has 0 spiro atoms. The number of amides is 2. The Morgan fingerprint density at radius 3 is 2.17 bits per heavy atom. The fraction of sp³-hybridized carbons (Fsp3) is 0.391. The molecule has 1 heterocycles. The lowest BCUT2D eigenvalue weighted by molar-refractivity contribution is -0.242. The normalized spacial score (nSPS) is 16.9. The fourth-order valence-corrected chi connectivity index (χ4v) is 5.00. The highest BCUT2D eigenvalue weighted by atomic mass is 32.2. The molecule has 3 rings (SSSR count). The molecule has 2 atom stereocenters. The molecule has 0 bridgehead atoms. The van der Waals surface area contributed by atoms with Crippen molar-refractivity contribution in [3.8, 4) is 5.75 Å². The fourth-order valence-electron chi connectivity index (χ4n) is 3.52. The highest BCUT2D eigenvalue weighted by molar-refractivity contribution is 7.92. The van der Waals surface area contributed by atoms with Crippen LogP contribution in [0.1, 0.15) is 20.8 Å². The first-order valence-corrected chi connectivity index (χ1v) is 12.7. The van der Waals surface area contributed by atoms with Gasteiger partial charge in [0.2, 0.25) is 11.5 Å². The van der Waals surface area contributed by atoms with E-state index in [4.69, 9.17) is 4.74 Å². The molecule has 2 aromatic carbocycles. The zero-order valence-electron chi connectivity index (χ0n) is 20.9. The summed E-state index contributed by atoms with van der Waals surface area (Å²) in [6.45, 7) is 0.999. The number of nitrogens with one attached hydrogen (secondary N) is 2. The van der Waals surface area contributed by atoms with E-state index in [0.29, 0.717) is 18.2 Å². The summed E-state index contributed by atoms with van der Waals surface area (Å²) >= 11 is 0. The van der Waals surface area contributed by atoms with Gasteiger partial charge in [-0.25, -0.2) is 17.6 Å². The van der Waals surface area contributed by atoms with E-state index in [9.17, 15) is 48.7 Å². The van der Waals surface area contributed by atoms with Crippen molar-refractivity contribution in [1.29, 1.82) is 0 Å². The molecule has 1 aliphatic rings. The van der Waals surface area contributed by atoms with Crippen LogP contribution < -0.4 is 19.7 Å². The van der Waals surface area contributed by atoms with E-state index in [1.807, 2.05) is 5.32 Å². The largest absolute Gasteiger partial charge is 0.484 e. The first kappa shape index (κ1) is 30.8. The third kappa shape index (κ3) is 6.68. The molecule has 0 aliphatic carbocycles. The van der Waals surface area contributed by atoms with Gasteiger partial charge in [0.15, 0.2) is 6.04 Å². The van der Waals surface area contributed by atoms with Crippen molar-refractivity contribution in [2.45, 2.75) is 55.8 Å². The Bertz CT molecular complexity index is 1380. The molecule has 17 heteroatoms. The van der Waals surface area contributed by atoms with E-state index in [-0.39, 0.29) is 5.69 Å². The number of benzene rings is 2. The number of carbonyl (C=O) groups is 2. The van der Waals surface area contributed by atoms with Crippen LogP contribution in [-0.2, 0) is 19.6 Å². The van der Waals surface area contributed by atoms with E-state index >= 15 is 0 Å². The van der Waals surface area contributed by atoms with Gasteiger partial charge in [-0.1, -0.05) is 0 Å². The first-order chi connectivity index (χ1) is 18.2. The van der Waals surface area contributed by atoms with Crippen molar-refractivity contribution in [3.05, 3.63) is 48.3 Å². The highest BCUT2D eigenvalue weighted by Gasteiger charge is 2.52. The van der Waals surface area contributed by atoms with Crippen molar-refractivity contribution in [2.24, 2.45) is 0 Å². The minimum atomic E-state index is -5.07. The molecule has 9 nitrogen and oxygen atoms in total. The average molecular weight is 601 g/mol. The minimum Gasteiger partial charge on any atom is -0.484 e. The highest BCUT2D eigenvalue weighted by Crippen LogP contribution is 2.41. The second-order valence-corrected chi connectivity index (χ2v) is 10.9. The molecule has 2 amide bonds. The zero-order chi connectivity index (χ0) is 30.3. The number of nitrogens with zero attached hydrogens (tertiary/aromatic N) is 1. The molecule has 40 heavy (non-hydrogen) atoms. The quantitative estimate of drug-likeness (QED) is 0.463. The Morgan fingerprint density at radius 2 is 1.65 bits per heavy atom. The molecular weight excluding hydrogens is 579 g/mol. The van der Waals surface area contributed by atoms with Gasteiger partial charge in [0.25, 0.3) is 10.0 Å². The number of hydrogen-bond donors (Lipinski definition) is 2. The lowest BCUT2D eigenvalue weighted by Gasteiger charge is -2.39. The number of anilines is 2. The van der Waals surface area contributed by atoms with Gasteiger partial charge in [-0.2, -0.15) is 26.3 Å². The van der Waals surface area contributed by atoms with Crippen LogP contribution in [0.5, 0.6) is 5.75 Å². The van der Waals surface area contributed by atoms with Crippen molar-refractivity contribution in [1.82, 2.24) is 5.32 Å². The topological polar surface area (TPSA) is 114 Å². The van der Waals surface area contributed by atoms with Gasteiger partial charge in [-0.05, 0) is 56.3 Å². The molecule has 0 saturated heterocycles. The smallest absolute Gasteiger partial charge is 0.427 e. The van der Waals surface area contributed by atoms with Crippen LogP contribution in [-0.4, -0.2) is 57.1 Å². The van der Waals surface area contributed by atoms with E-state index in [0.717, 1.165) is 49.4 Å². The van der Waals surface area contributed by atoms with E-state index in [1.54, 1.807) is 5.32 Å². The van der Waals surface area contributed by atoms with Crippen molar-refractivity contribution < 1.29 is 58.2 Å². The molecule has 2 aromatic rings. The standard InChI is InChI=1S/C23H22F7N3O6S/c1-12(34)31-19(22(25,26)27)18-11-33(40(36,37)15-7-4-13(24)5-8-15)16-10-14(6-9-17(16)38-18)32-20(35)39-21(2,3)23(28,29)30/h4-10,18-19H,11H2,1-3H3,(H,31,34)(H,32,35)/t18-,19+/m1/s1. The number of hydrogen-bond acceptors (Lipinski definition) is 6. The number of halogens is 7. The summed E-state index contributed by atoms with van der Waals surface area (Å²) in [7, 11) is -4.71. The Hall–Kier alpha value is -3.76. The third-order valence-corrected chi connectivity index (χ3v) is 7.41. The third-order valence-electron chi connectivity index (χ3n) is 5.61. The average Bonchev–Trinajstić information content (AvgIpc) is 2.80. The Balaban J connectivity index is 2.05. The summed E-state index contributed by atoms with van der Waals surface area (Å²) in [5.41, 5.74) is -3.59. The molecular formula is C23H22F7N3O6S. The van der Waals surface area contributed by atoms with Gasteiger partial charge >= 0.3 is 18.4 Å². The molecule has 0 unspecified atom stereocenters. The van der Waals surface area contributed by atoms with Gasteiger partial charge < -0.3 is 14.8 Å². The zero-order valence-corrected chi connectivity index (χ0v) is 21.7. The number of rotatable bonds is 6. The summed E-state index contributed by atoms with van der Waals surface area (Å²) in [6, 6.07) is 3.60. The number of alkyl halides is 6. The summed E-state index contributed by atoms with van der Waals surface area (Å²) in [5.74, 6) is -2.31. The van der Waals surface area contributed by atoms with Crippen LogP contribution in [0.15, 0.2) is 47.4 Å². The number of carbonyl (C=O) groups excluding carboxylic acids is 2. The van der Waals surface area contributed by atoms with Crippen LogP contribution in [0, 0.1) is 5.82 Å². The second-order valence-electron chi connectivity index (χ2n) is 9.07. The van der Waals surface area contributed by atoms with Crippen LogP contribution in [0.3, 0.4) is 0 Å². The summed E-state index contributed by atoms with van der Waals surface area (Å²) in [5, 5.41) is 3.68. The minimum absolute atomic E-state index is 0.294. The van der Waals surface area contributed by atoms with Crippen LogP contribution >= 0.6 is 0 Å². The Morgan fingerprint density at radius 1 is 1.05 bits per heavy atom. The van der Waals surface area contributed by atoms with Crippen molar-refractivity contribution >= 4 is 33.4 Å². The van der Waals surface area contributed by atoms with Crippen LogP contribution in [0.25, 0.3) is 0 Å². The van der Waals surface area contributed by atoms with Crippen molar-refractivity contribution in [3.63, 3.8) is 0 Å². The van der Waals surface area contributed by atoms with E-state index in [2.05, 4.69) is 4.74 Å². The maximum atomic E-state index is 13.8. The summed E-state index contributed by atoms with van der Waals surface area (Å²) < 4.78 is 131. The van der Waals surface area contributed by atoms with Gasteiger partial charge in [0, 0.05) is 12.6 Å². The monoisotopic (exact) mass is 601 g/mol. The number of fused-ring (bicyclic) bond motifs is 1. The molecule has 2 N–H and O–H groups in total. The van der Waals surface area contributed by atoms with Gasteiger partial charge in [-0.3, -0.25) is 14.4 Å². The summed E-state index contributed by atoms with van der Waals surface area (Å²) in [6.07, 6.45) is -13.6. The number of sulfonamides is 1. The Kier molecular flexibility index (Phi) is 8.21. The molecule has 220 valence electrons. The van der Waals surface area contributed by atoms with Crippen molar-refractivity contribution in [2.75, 3.05) is 16.2 Å². The van der Waals surface area contributed by atoms with E-state index < -0.39 is 80.8 Å². The molecule has 0 radical (unpaired) electrons. The predicted molar refractivity (Wildman–Crippen MR) is 126 cm³/mol. The summed E-state index contributed by atoms with van der Waals surface area (Å²) in [4.78, 5) is 23.1. The first-order valence-electron chi connectivity index (χ1n) is 11.2. The van der Waals surface area contributed by atoms with Gasteiger partial charge in [0.05, 0.1) is 17.1 Å². The van der Waals surface area contributed by atoms with Gasteiger partial charge in [0.1, 0.15) is 17.7 Å².